The number of nitrogens with one attached hydrogen (secondary N) is 2. The molecule has 0 spiro atoms. The predicted octanol–water partition coefficient (Wildman–Crippen LogP) is 2.73. The van der Waals surface area contributed by atoms with Crippen LogP contribution in [0.2, 0.25) is 5.02 Å². The number of aryl methyl sites for hydroxylation is 2. The maximum absolute atomic E-state index is 12.1. The normalized spacial score (nSPS) is 12.2. The summed E-state index contributed by atoms with van der Waals surface area (Å²) in [7, 11) is 0. The summed E-state index contributed by atoms with van der Waals surface area (Å²) in [6.45, 7) is 5.57. The summed E-state index contributed by atoms with van der Waals surface area (Å²) < 4.78 is 5.44. The van der Waals surface area contributed by atoms with E-state index in [-0.39, 0.29) is 17.0 Å². The van der Waals surface area contributed by atoms with Crippen molar-refractivity contribution in [3.05, 3.63) is 56.4 Å². The molecule has 0 aliphatic rings. The molecule has 1 atom stereocenters. The van der Waals surface area contributed by atoms with Crippen LogP contribution in [0.3, 0.4) is 0 Å². The molecule has 1 amide bonds. The largest absolute Gasteiger partial charge is 0.466 e. The zero-order valence-electron chi connectivity index (χ0n) is 11.4. The van der Waals surface area contributed by atoms with Crippen molar-refractivity contribution in [2.24, 2.45) is 0 Å². The van der Waals surface area contributed by atoms with Crippen LogP contribution in [0, 0.1) is 13.8 Å². The van der Waals surface area contributed by atoms with Crippen molar-refractivity contribution < 1.29 is 9.21 Å². The Morgan fingerprint density at radius 3 is 2.65 bits per heavy atom. The van der Waals surface area contributed by atoms with Crippen LogP contribution in [-0.4, -0.2) is 10.9 Å². The van der Waals surface area contributed by atoms with Gasteiger partial charge in [0.05, 0.1) is 11.6 Å². The second kappa shape index (κ2) is 5.54. The maximum atomic E-state index is 12.1. The molecule has 2 rings (SSSR count). The van der Waals surface area contributed by atoms with Crippen molar-refractivity contribution in [1.82, 2.24) is 10.3 Å². The first kappa shape index (κ1) is 14.4. The van der Waals surface area contributed by atoms with E-state index < -0.39 is 5.56 Å². The Hall–Kier alpha value is -2.01. The molecule has 2 N–H and O–H groups in total. The summed E-state index contributed by atoms with van der Waals surface area (Å²) in [6.07, 6.45) is 1.34. The number of halogens is 1. The third kappa shape index (κ3) is 2.93. The smallest absolute Gasteiger partial charge is 0.266 e. The fraction of sp³-hybridized carbons (Fsp3) is 0.286. The fourth-order valence-electron chi connectivity index (χ4n) is 2.03. The number of aromatic nitrogens is 1. The number of pyridine rings is 1. The molecular weight excluding hydrogens is 280 g/mol. The number of rotatable bonds is 3. The van der Waals surface area contributed by atoms with Gasteiger partial charge in [0.15, 0.2) is 0 Å². The Kier molecular flexibility index (Phi) is 3.99. The SMILES string of the molecule is Cc1cc(C(C)NC(=O)c2c[nH]c(=O)c(Cl)c2)c(C)o1. The highest BCUT2D eigenvalue weighted by Gasteiger charge is 2.16. The van der Waals surface area contributed by atoms with E-state index in [2.05, 4.69) is 10.3 Å². The minimum atomic E-state index is -0.419. The predicted molar refractivity (Wildman–Crippen MR) is 76.1 cm³/mol. The van der Waals surface area contributed by atoms with Crippen LogP contribution < -0.4 is 10.9 Å². The second-order valence-electron chi connectivity index (χ2n) is 4.63. The summed E-state index contributed by atoms with van der Waals surface area (Å²) in [5, 5.41) is 2.82. The van der Waals surface area contributed by atoms with E-state index in [0.717, 1.165) is 17.1 Å². The van der Waals surface area contributed by atoms with Gasteiger partial charge in [-0.15, -0.1) is 0 Å². The van der Waals surface area contributed by atoms with Crippen LogP contribution in [0.15, 0.2) is 27.5 Å². The molecule has 5 nitrogen and oxygen atoms in total. The first-order valence-electron chi connectivity index (χ1n) is 6.14. The second-order valence-corrected chi connectivity index (χ2v) is 5.04. The highest BCUT2D eigenvalue weighted by Crippen LogP contribution is 2.21. The van der Waals surface area contributed by atoms with E-state index in [9.17, 15) is 9.59 Å². The van der Waals surface area contributed by atoms with Crippen molar-refractivity contribution in [2.75, 3.05) is 0 Å². The lowest BCUT2D eigenvalue weighted by Crippen LogP contribution is -2.27. The third-order valence-electron chi connectivity index (χ3n) is 3.01. The summed E-state index contributed by atoms with van der Waals surface area (Å²) >= 11 is 5.70. The molecule has 0 saturated carbocycles. The van der Waals surface area contributed by atoms with Crippen LogP contribution >= 0.6 is 11.6 Å². The number of hydrogen-bond acceptors (Lipinski definition) is 3. The standard InChI is InChI=1S/C14H15ClN2O3/c1-7-4-11(9(3)20-7)8(2)17-13(18)10-5-12(15)14(19)16-6-10/h4-6,8H,1-3H3,(H,16,19)(H,17,18). The molecule has 2 heterocycles. The fourth-order valence-corrected chi connectivity index (χ4v) is 2.20. The third-order valence-corrected chi connectivity index (χ3v) is 3.29. The van der Waals surface area contributed by atoms with Crippen molar-refractivity contribution in [3.63, 3.8) is 0 Å². The Morgan fingerprint density at radius 1 is 1.40 bits per heavy atom. The molecule has 20 heavy (non-hydrogen) atoms. The van der Waals surface area contributed by atoms with Crippen molar-refractivity contribution in [1.29, 1.82) is 0 Å². The Bertz CT molecular complexity index is 703. The van der Waals surface area contributed by atoms with Gasteiger partial charge in [0.25, 0.3) is 11.5 Å². The first-order chi connectivity index (χ1) is 9.38. The van der Waals surface area contributed by atoms with Crippen molar-refractivity contribution in [2.45, 2.75) is 26.8 Å². The average Bonchev–Trinajstić information content (AvgIpc) is 2.71. The number of amides is 1. The van der Waals surface area contributed by atoms with Gasteiger partial charge in [-0.05, 0) is 32.9 Å². The molecule has 2 aromatic rings. The molecule has 1 unspecified atom stereocenters. The topological polar surface area (TPSA) is 75.1 Å². The lowest BCUT2D eigenvalue weighted by Gasteiger charge is -2.13. The zero-order valence-corrected chi connectivity index (χ0v) is 12.2. The average molecular weight is 295 g/mol. The van der Waals surface area contributed by atoms with Crippen LogP contribution in [0.4, 0.5) is 0 Å². The van der Waals surface area contributed by atoms with Gasteiger partial charge in [-0.25, -0.2) is 0 Å². The monoisotopic (exact) mass is 294 g/mol. The minimum Gasteiger partial charge on any atom is -0.466 e. The number of carbonyl (C=O) groups is 1. The van der Waals surface area contributed by atoms with Crippen LogP contribution in [0.25, 0.3) is 0 Å². The van der Waals surface area contributed by atoms with Crippen molar-refractivity contribution >= 4 is 17.5 Å². The van der Waals surface area contributed by atoms with Crippen LogP contribution in [0.1, 0.15) is 40.4 Å². The van der Waals surface area contributed by atoms with Gasteiger partial charge in [0, 0.05) is 11.8 Å². The maximum Gasteiger partial charge on any atom is 0.266 e. The van der Waals surface area contributed by atoms with E-state index in [1.165, 1.54) is 12.3 Å². The summed E-state index contributed by atoms with van der Waals surface area (Å²) in [4.78, 5) is 25.7. The van der Waals surface area contributed by atoms with Gasteiger partial charge in [0.1, 0.15) is 16.5 Å². The van der Waals surface area contributed by atoms with Gasteiger partial charge >= 0.3 is 0 Å². The molecule has 2 aromatic heterocycles. The van der Waals surface area contributed by atoms with E-state index >= 15 is 0 Å². The Morgan fingerprint density at radius 2 is 2.10 bits per heavy atom. The van der Waals surface area contributed by atoms with E-state index in [4.69, 9.17) is 16.0 Å². The van der Waals surface area contributed by atoms with Crippen LogP contribution in [-0.2, 0) is 0 Å². The Labute approximate surface area is 121 Å². The summed E-state index contributed by atoms with van der Waals surface area (Å²) in [5.74, 6) is 1.26. The Balaban J connectivity index is 2.17. The molecule has 0 aromatic carbocycles. The van der Waals surface area contributed by atoms with Gasteiger partial charge in [-0.1, -0.05) is 11.6 Å². The zero-order chi connectivity index (χ0) is 14.9. The number of aromatic amines is 1. The molecule has 0 aliphatic heterocycles. The minimum absolute atomic E-state index is 0.0133. The molecule has 106 valence electrons. The molecule has 0 aliphatic carbocycles. The van der Waals surface area contributed by atoms with Gasteiger partial charge in [-0.2, -0.15) is 0 Å². The van der Waals surface area contributed by atoms with E-state index in [1.807, 2.05) is 26.8 Å². The molecule has 6 heteroatoms. The first-order valence-corrected chi connectivity index (χ1v) is 6.52. The quantitative estimate of drug-likeness (QED) is 0.914. The molecule has 0 radical (unpaired) electrons. The lowest BCUT2D eigenvalue weighted by atomic mass is 10.1. The summed E-state index contributed by atoms with van der Waals surface area (Å²) in [6, 6.07) is 3.03. The summed E-state index contributed by atoms with van der Waals surface area (Å²) in [5.41, 5.74) is 0.809. The molecule has 0 fully saturated rings. The van der Waals surface area contributed by atoms with Crippen molar-refractivity contribution in [3.8, 4) is 0 Å². The molecule has 0 saturated heterocycles. The van der Waals surface area contributed by atoms with E-state index in [0.29, 0.717) is 5.56 Å². The highest BCUT2D eigenvalue weighted by atomic mass is 35.5. The lowest BCUT2D eigenvalue weighted by molar-refractivity contribution is 0.0939. The molecular formula is C14H15ClN2O3. The van der Waals surface area contributed by atoms with Gasteiger partial charge in [0.2, 0.25) is 0 Å². The highest BCUT2D eigenvalue weighted by molar-refractivity contribution is 6.30. The number of H-pyrrole nitrogens is 1. The van der Waals surface area contributed by atoms with Crippen LogP contribution in [0.5, 0.6) is 0 Å². The number of furan rings is 1. The van der Waals surface area contributed by atoms with E-state index in [1.54, 1.807) is 0 Å². The van der Waals surface area contributed by atoms with Gasteiger partial charge in [-0.3, -0.25) is 9.59 Å². The molecule has 0 bridgehead atoms. The number of carbonyl (C=O) groups excluding carboxylic acids is 1. The van der Waals surface area contributed by atoms with Gasteiger partial charge < -0.3 is 14.7 Å². The number of hydrogen-bond donors (Lipinski definition) is 2.